The maximum absolute atomic E-state index is 9.20. The van der Waals surface area contributed by atoms with E-state index in [1.807, 2.05) is 30.5 Å². The number of pyridine rings is 1. The Bertz CT molecular complexity index is 1390. The minimum Gasteiger partial charge on any atom is -0.368 e. The second-order valence-corrected chi connectivity index (χ2v) is 8.78. The first kappa shape index (κ1) is 22.4. The molecule has 3 aromatic heterocycles. The Hall–Kier alpha value is -4.36. The molecule has 0 spiro atoms. The lowest BCUT2D eigenvalue weighted by Crippen LogP contribution is -2.50. The highest BCUT2D eigenvalue weighted by Crippen LogP contribution is 2.24. The van der Waals surface area contributed by atoms with Crippen LogP contribution in [0.25, 0.3) is 22.6 Å². The van der Waals surface area contributed by atoms with E-state index in [1.54, 1.807) is 22.9 Å². The summed E-state index contributed by atoms with van der Waals surface area (Å²) in [4.78, 5) is 18.2. The lowest BCUT2D eigenvalue weighted by atomic mass is 10.1. The Morgan fingerprint density at radius 3 is 2.69 bits per heavy atom. The molecule has 10 nitrogen and oxygen atoms in total. The molecule has 0 amide bonds. The van der Waals surface area contributed by atoms with Crippen LogP contribution < -0.4 is 10.6 Å². The standard InChI is InChI=1S/C25H26N10/c1-17-14-33(2)9-10-35(17)24-8-4-7-20(28-24)15-34-16-23(31-32-34)22-12-21(29-25(27)30-22)19-6-3-5-18(11-19)13-26/h3-8,11-12,16-17H,9-10,14-15H2,1-2H3,(H2,27,29,30)/t17-/m1/s1. The topological polar surface area (TPSA) is 126 Å². The van der Waals surface area contributed by atoms with E-state index >= 15 is 0 Å². The van der Waals surface area contributed by atoms with Crippen molar-refractivity contribution in [2.45, 2.75) is 19.5 Å². The molecule has 176 valence electrons. The number of nitriles is 1. The second kappa shape index (κ2) is 9.48. The first-order chi connectivity index (χ1) is 17.0. The van der Waals surface area contributed by atoms with Crippen molar-refractivity contribution < 1.29 is 0 Å². The summed E-state index contributed by atoms with van der Waals surface area (Å²) in [5.41, 5.74) is 9.99. The minimum atomic E-state index is 0.130. The molecule has 0 unspecified atom stereocenters. The number of anilines is 2. The Balaban J connectivity index is 1.37. The van der Waals surface area contributed by atoms with Crippen LogP contribution in [0, 0.1) is 11.3 Å². The predicted octanol–water partition coefficient (Wildman–Crippen LogP) is 2.44. The van der Waals surface area contributed by atoms with E-state index in [0.29, 0.717) is 35.2 Å². The van der Waals surface area contributed by atoms with Gasteiger partial charge in [0.05, 0.1) is 41.5 Å². The summed E-state index contributed by atoms with van der Waals surface area (Å²) in [6.45, 7) is 5.71. The Morgan fingerprint density at radius 2 is 1.86 bits per heavy atom. The van der Waals surface area contributed by atoms with Crippen LogP contribution in [0.4, 0.5) is 11.8 Å². The molecule has 4 aromatic rings. The molecule has 1 aromatic carbocycles. The number of nitrogens with zero attached hydrogens (tertiary/aromatic N) is 9. The smallest absolute Gasteiger partial charge is 0.221 e. The molecule has 0 aliphatic carbocycles. The second-order valence-electron chi connectivity index (χ2n) is 8.78. The molecule has 1 atom stereocenters. The molecule has 1 saturated heterocycles. The summed E-state index contributed by atoms with van der Waals surface area (Å²) in [6.07, 6.45) is 1.82. The van der Waals surface area contributed by atoms with Crippen LogP contribution in [0.1, 0.15) is 18.2 Å². The van der Waals surface area contributed by atoms with Crippen molar-refractivity contribution in [3.63, 3.8) is 0 Å². The van der Waals surface area contributed by atoms with Crippen LogP contribution in [0.3, 0.4) is 0 Å². The van der Waals surface area contributed by atoms with Gasteiger partial charge in [-0.2, -0.15) is 5.26 Å². The number of rotatable bonds is 5. The molecule has 4 heterocycles. The molecule has 1 fully saturated rings. The quantitative estimate of drug-likeness (QED) is 0.472. The number of aromatic nitrogens is 6. The van der Waals surface area contributed by atoms with Gasteiger partial charge >= 0.3 is 0 Å². The predicted molar refractivity (Wildman–Crippen MR) is 133 cm³/mol. The third-order valence-corrected chi connectivity index (χ3v) is 6.07. The minimum absolute atomic E-state index is 0.130. The zero-order chi connectivity index (χ0) is 24.4. The average molecular weight is 467 g/mol. The Kier molecular flexibility index (Phi) is 6.08. The van der Waals surface area contributed by atoms with Crippen molar-refractivity contribution in [2.75, 3.05) is 37.3 Å². The van der Waals surface area contributed by atoms with Crippen molar-refractivity contribution in [3.8, 4) is 28.7 Å². The van der Waals surface area contributed by atoms with Crippen LogP contribution in [0.15, 0.2) is 54.7 Å². The highest BCUT2D eigenvalue weighted by atomic mass is 15.4. The van der Waals surface area contributed by atoms with E-state index in [2.05, 4.69) is 56.2 Å². The van der Waals surface area contributed by atoms with Crippen LogP contribution >= 0.6 is 0 Å². The van der Waals surface area contributed by atoms with Crippen molar-refractivity contribution in [1.29, 1.82) is 5.26 Å². The molecule has 0 radical (unpaired) electrons. The van der Waals surface area contributed by atoms with Gasteiger partial charge in [-0.3, -0.25) is 0 Å². The summed E-state index contributed by atoms with van der Waals surface area (Å²) in [5, 5.41) is 17.8. The van der Waals surface area contributed by atoms with Gasteiger partial charge in [0, 0.05) is 31.2 Å². The van der Waals surface area contributed by atoms with Crippen molar-refractivity contribution in [2.24, 2.45) is 0 Å². The fourth-order valence-electron chi connectivity index (χ4n) is 4.35. The van der Waals surface area contributed by atoms with Crippen LogP contribution in [0.5, 0.6) is 0 Å². The number of benzene rings is 1. The number of piperazine rings is 1. The summed E-state index contributed by atoms with van der Waals surface area (Å²) in [6, 6.07) is 17.6. The van der Waals surface area contributed by atoms with E-state index in [-0.39, 0.29) is 5.95 Å². The fraction of sp³-hybridized carbons (Fsp3) is 0.280. The van der Waals surface area contributed by atoms with Crippen LogP contribution in [-0.2, 0) is 6.54 Å². The first-order valence-corrected chi connectivity index (χ1v) is 11.5. The maximum atomic E-state index is 9.20. The number of likely N-dealkylation sites (N-methyl/N-ethyl adjacent to an activating group) is 1. The molecule has 10 heteroatoms. The van der Waals surface area contributed by atoms with Crippen LogP contribution in [-0.4, -0.2) is 67.6 Å². The van der Waals surface area contributed by atoms with E-state index in [4.69, 9.17) is 10.7 Å². The molecular weight excluding hydrogens is 440 g/mol. The number of hydrogen-bond donors (Lipinski definition) is 1. The van der Waals surface area contributed by atoms with Gasteiger partial charge in [-0.25, -0.2) is 19.6 Å². The molecule has 35 heavy (non-hydrogen) atoms. The molecule has 1 aliphatic rings. The van der Waals surface area contributed by atoms with Crippen LogP contribution in [0.2, 0.25) is 0 Å². The van der Waals surface area contributed by atoms with Crippen molar-refractivity contribution in [1.82, 2.24) is 34.8 Å². The summed E-state index contributed by atoms with van der Waals surface area (Å²) >= 11 is 0. The molecule has 5 rings (SSSR count). The third kappa shape index (κ3) is 4.95. The van der Waals surface area contributed by atoms with Gasteiger partial charge in [0.25, 0.3) is 0 Å². The van der Waals surface area contributed by atoms with Crippen molar-refractivity contribution >= 4 is 11.8 Å². The Labute approximate surface area is 203 Å². The number of nitrogen functional groups attached to an aromatic ring is 1. The number of hydrogen-bond acceptors (Lipinski definition) is 9. The molecule has 0 saturated carbocycles. The van der Waals surface area contributed by atoms with Gasteiger partial charge < -0.3 is 15.5 Å². The third-order valence-electron chi connectivity index (χ3n) is 6.07. The maximum Gasteiger partial charge on any atom is 0.221 e. The zero-order valence-electron chi connectivity index (χ0n) is 19.7. The highest BCUT2D eigenvalue weighted by Gasteiger charge is 2.22. The lowest BCUT2D eigenvalue weighted by molar-refractivity contribution is 0.274. The molecule has 0 bridgehead atoms. The summed E-state index contributed by atoms with van der Waals surface area (Å²) < 4.78 is 1.74. The first-order valence-electron chi connectivity index (χ1n) is 11.5. The van der Waals surface area contributed by atoms with E-state index < -0.39 is 0 Å². The van der Waals surface area contributed by atoms with E-state index in [9.17, 15) is 5.26 Å². The SMILES string of the molecule is C[C@@H]1CN(C)CCN1c1cccc(Cn2cc(-c3cc(-c4cccc(C#N)c4)nc(N)n3)nn2)n1. The van der Waals surface area contributed by atoms with E-state index in [1.165, 1.54) is 0 Å². The van der Waals surface area contributed by atoms with E-state index in [0.717, 1.165) is 36.7 Å². The zero-order valence-corrected chi connectivity index (χ0v) is 19.7. The largest absolute Gasteiger partial charge is 0.368 e. The summed E-state index contributed by atoms with van der Waals surface area (Å²) in [7, 11) is 2.15. The monoisotopic (exact) mass is 466 g/mol. The summed E-state index contributed by atoms with van der Waals surface area (Å²) in [5.74, 6) is 1.11. The highest BCUT2D eigenvalue weighted by molar-refractivity contribution is 5.68. The fourth-order valence-corrected chi connectivity index (χ4v) is 4.35. The Morgan fingerprint density at radius 1 is 1.03 bits per heavy atom. The molecular formula is C25H26N10. The molecule has 1 aliphatic heterocycles. The van der Waals surface area contributed by atoms with Gasteiger partial charge in [0.1, 0.15) is 11.5 Å². The van der Waals surface area contributed by atoms with Gasteiger partial charge in [-0.15, -0.1) is 5.10 Å². The van der Waals surface area contributed by atoms with Crippen molar-refractivity contribution in [3.05, 3.63) is 66.0 Å². The van der Waals surface area contributed by atoms with Gasteiger partial charge in [-0.05, 0) is 44.3 Å². The normalized spacial score (nSPS) is 16.3. The van der Waals surface area contributed by atoms with Gasteiger partial charge in [-0.1, -0.05) is 23.4 Å². The van der Waals surface area contributed by atoms with Gasteiger partial charge in [0.15, 0.2) is 0 Å². The number of nitrogens with two attached hydrogens (primary N) is 1. The van der Waals surface area contributed by atoms with Gasteiger partial charge in [0.2, 0.25) is 5.95 Å². The molecule has 2 N–H and O–H groups in total. The lowest BCUT2D eigenvalue weighted by Gasteiger charge is -2.39. The average Bonchev–Trinajstić information content (AvgIpc) is 3.32.